The van der Waals surface area contributed by atoms with Crippen molar-refractivity contribution in [1.29, 1.82) is 5.41 Å². The summed E-state index contributed by atoms with van der Waals surface area (Å²) in [5, 5.41) is 17.2. The molecule has 0 radical (unpaired) electrons. The third-order valence-corrected chi connectivity index (χ3v) is 2.03. The van der Waals surface area contributed by atoms with Gasteiger partial charge in [0.25, 0.3) is 0 Å². The fourth-order valence-corrected chi connectivity index (χ4v) is 1.29. The molecule has 1 rings (SSSR count). The summed E-state index contributed by atoms with van der Waals surface area (Å²) < 4.78 is 22.8. The van der Waals surface area contributed by atoms with Gasteiger partial charge in [0.2, 0.25) is 5.90 Å². The molecule has 16 heavy (non-hydrogen) atoms. The summed E-state index contributed by atoms with van der Waals surface area (Å²) in [4.78, 5) is 0. The van der Waals surface area contributed by atoms with Crippen molar-refractivity contribution in [2.24, 2.45) is 0 Å². The van der Waals surface area contributed by atoms with Crippen molar-refractivity contribution >= 4 is 5.90 Å². The zero-order valence-corrected chi connectivity index (χ0v) is 9.16. The smallest absolute Gasteiger partial charge is 0.215 e. The number of hydrogen-bond donors (Lipinski definition) is 2. The van der Waals surface area contributed by atoms with Crippen molar-refractivity contribution in [2.45, 2.75) is 13.0 Å². The van der Waals surface area contributed by atoms with Crippen LogP contribution >= 0.6 is 0 Å². The van der Waals surface area contributed by atoms with Crippen LogP contribution in [0.4, 0.5) is 4.39 Å². The number of ether oxygens (including phenoxy) is 2. The third-order valence-electron chi connectivity index (χ3n) is 2.03. The Hall–Kier alpha value is -1.62. The van der Waals surface area contributed by atoms with Gasteiger partial charge in [-0.2, -0.15) is 0 Å². The van der Waals surface area contributed by atoms with Crippen LogP contribution in [0.2, 0.25) is 0 Å². The van der Waals surface area contributed by atoms with Crippen molar-refractivity contribution < 1.29 is 19.0 Å². The number of nitrogens with one attached hydrogen (secondary N) is 1. The maximum absolute atomic E-state index is 13.0. The van der Waals surface area contributed by atoms with E-state index >= 15 is 0 Å². The minimum Gasteiger partial charge on any atom is -0.496 e. The number of halogens is 1. The molecule has 0 aliphatic heterocycles. The summed E-state index contributed by atoms with van der Waals surface area (Å²) in [7, 11) is 1.41. The van der Waals surface area contributed by atoms with E-state index in [0.29, 0.717) is 5.75 Å². The van der Waals surface area contributed by atoms with Crippen LogP contribution < -0.4 is 4.74 Å². The Kier molecular flexibility index (Phi) is 4.25. The maximum Gasteiger partial charge on any atom is 0.215 e. The Balaban J connectivity index is 3.01. The second-order valence-electron chi connectivity index (χ2n) is 3.09. The number of hydrogen-bond acceptors (Lipinski definition) is 4. The third kappa shape index (κ3) is 2.70. The molecule has 1 aromatic carbocycles. The zero-order valence-electron chi connectivity index (χ0n) is 9.16. The van der Waals surface area contributed by atoms with Crippen molar-refractivity contribution in [3.05, 3.63) is 29.6 Å². The Morgan fingerprint density at radius 2 is 2.25 bits per heavy atom. The second kappa shape index (κ2) is 5.46. The number of aliphatic hydroxyl groups excluding tert-OH is 1. The first-order valence-corrected chi connectivity index (χ1v) is 4.82. The number of aliphatic hydroxyl groups is 1. The van der Waals surface area contributed by atoms with Crippen molar-refractivity contribution in [1.82, 2.24) is 0 Å². The molecule has 0 heterocycles. The Morgan fingerprint density at radius 1 is 1.56 bits per heavy atom. The van der Waals surface area contributed by atoms with Crippen LogP contribution in [0.1, 0.15) is 18.6 Å². The van der Waals surface area contributed by atoms with Gasteiger partial charge in [-0.15, -0.1) is 0 Å². The molecule has 4 nitrogen and oxygen atoms in total. The van der Waals surface area contributed by atoms with Gasteiger partial charge in [-0.3, -0.25) is 5.41 Å². The molecular weight excluding hydrogens is 213 g/mol. The van der Waals surface area contributed by atoms with Gasteiger partial charge in [0.05, 0.1) is 13.7 Å². The molecule has 0 fully saturated rings. The van der Waals surface area contributed by atoms with Crippen LogP contribution in [-0.4, -0.2) is 24.7 Å². The molecule has 0 saturated carbocycles. The normalized spacial score (nSPS) is 12.0. The van der Waals surface area contributed by atoms with Gasteiger partial charge in [0, 0.05) is 5.56 Å². The van der Waals surface area contributed by atoms with Crippen LogP contribution in [0, 0.1) is 11.2 Å². The van der Waals surface area contributed by atoms with E-state index in [9.17, 15) is 9.50 Å². The molecule has 0 saturated heterocycles. The molecule has 5 heteroatoms. The molecule has 0 aliphatic rings. The lowest BCUT2D eigenvalue weighted by atomic mass is 10.1. The van der Waals surface area contributed by atoms with E-state index in [4.69, 9.17) is 14.9 Å². The van der Waals surface area contributed by atoms with Gasteiger partial charge >= 0.3 is 0 Å². The molecule has 0 aliphatic carbocycles. The number of benzene rings is 1. The fourth-order valence-electron chi connectivity index (χ4n) is 1.29. The first kappa shape index (κ1) is 12.4. The summed E-state index contributed by atoms with van der Waals surface area (Å²) in [6.45, 7) is 1.97. The molecule has 1 aromatic rings. The average Bonchev–Trinajstić information content (AvgIpc) is 2.28. The van der Waals surface area contributed by atoms with E-state index in [1.54, 1.807) is 6.92 Å². The predicted molar refractivity (Wildman–Crippen MR) is 57.3 cm³/mol. The monoisotopic (exact) mass is 227 g/mol. The quantitative estimate of drug-likeness (QED) is 0.609. The SMILES string of the molecule is CCOC(=N)C(O)c1cc(F)ccc1OC. The Morgan fingerprint density at radius 3 is 2.81 bits per heavy atom. The molecule has 0 bridgehead atoms. The van der Waals surface area contributed by atoms with Crippen molar-refractivity contribution in [2.75, 3.05) is 13.7 Å². The van der Waals surface area contributed by atoms with Gasteiger partial charge in [-0.05, 0) is 25.1 Å². The Labute approximate surface area is 93.1 Å². The lowest BCUT2D eigenvalue weighted by Gasteiger charge is -2.15. The average molecular weight is 227 g/mol. The van der Waals surface area contributed by atoms with E-state index in [1.165, 1.54) is 19.2 Å². The standard InChI is InChI=1S/C11H14FNO3/c1-3-16-11(13)10(14)8-6-7(12)4-5-9(8)15-2/h4-6,10,13-14H,3H2,1-2H3. The molecule has 1 atom stereocenters. The number of rotatable bonds is 4. The highest BCUT2D eigenvalue weighted by Crippen LogP contribution is 2.26. The zero-order chi connectivity index (χ0) is 12.1. The molecule has 88 valence electrons. The molecular formula is C11H14FNO3. The first-order chi connectivity index (χ1) is 7.60. The maximum atomic E-state index is 13.0. The predicted octanol–water partition coefficient (Wildman–Crippen LogP) is 1.88. The first-order valence-electron chi connectivity index (χ1n) is 4.82. The lowest BCUT2D eigenvalue weighted by molar-refractivity contribution is 0.186. The Bertz CT molecular complexity index is 381. The van der Waals surface area contributed by atoms with E-state index in [1.807, 2.05) is 0 Å². The van der Waals surface area contributed by atoms with Crippen LogP contribution in [-0.2, 0) is 4.74 Å². The summed E-state index contributed by atoms with van der Waals surface area (Å²) in [5.41, 5.74) is 0.181. The van der Waals surface area contributed by atoms with Gasteiger partial charge in [0.15, 0.2) is 6.10 Å². The summed E-state index contributed by atoms with van der Waals surface area (Å²) in [6, 6.07) is 3.74. The van der Waals surface area contributed by atoms with E-state index < -0.39 is 11.9 Å². The second-order valence-corrected chi connectivity index (χ2v) is 3.09. The van der Waals surface area contributed by atoms with Gasteiger partial charge in [-0.25, -0.2) is 4.39 Å². The minimum atomic E-state index is -1.31. The van der Waals surface area contributed by atoms with Gasteiger partial charge in [-0.1, -0.05) is 0 Å². The summed E-state index contributed by atoms with van der Waals surface area (Å²) in [5.74, 6) is -0.510. The largest absolute Gasteiger partial charge is 0.496 e. The summed E-state index contributed by atoms with van der Waals surface area (Å²) >= 11 is 0. The lowest BCUT2D eigenvalue weighted by Crippen LogP contribution is -2.15. The minimum absolute atomic E-state index is 0.181. The fraction of sp³-hybridized carbons (Fsp3) is 0.364. The number of methoxy groups -OCH3 is 1. The highest BCUT2D eigenvalue weighted by atomic mass is 19.1. The van der Waals surface area contributed by atoms with Crippen LogP contribution in [0.3, 0.4) is 0 Å². The van der Waals surface area contributed by atoms with Crippen molar-refractivity contribution in [3.8, 4) is 5.75 Å². The molecule has 1 unspecified atom stereocenters. The van der Waals surface area contributed by atoms with E-state index in [2.05, 4.69) is 0 Å². The van der Waals surface area contributed by atoms with Crippen LogP contribution in [0.25, 0.3) is 0 Å². The molecule has 0 amide bonds. The van der Waals surface area contributed by atoms with Crippen molar-refractivity contribution in [3.63, 3.8) is 0 Å². The van der Waals surface area contributed by atoms with Crippen LogP contribution in [0.15, 0.2) is 18.2 Å². The van der Waals surface area contributed by atoms with E-state index in [0.717, 1.165) is 6.07 Å². The summed E-state index contributed by atoms with van der Waals surface area (Å²) in [6.07, 6.45) is -1.31. The highest BCUT2D eigenvalue weighted by molar-refractivity contribution is 5.79. The van der Waals surface area contributed by atoms with Gasteiger partial charge < -0.3 is 14.6 Å². The molecule has 0 spiro atoms. The molecule has 0 aromatic heterocycles. The topological polar surface area (TPSA) is 62.5 Å². The van der Waals surface area contributed by atoms with Gasteiger partial charge in [0.1, 0.15) is 11.6 Å². The van der Waals surface area contributed by atoms with E-state index in [-0.39, 0.29) is 18.1 Å². The molecule has 2 N–H and O–H groups in total. The van der Waals surface area contributed by atoms with Crippen LogP contribution in [0.5, 0.6) is 5.75 Å². The highest BCUT2D eigenvalue weighted by Gasteiger charge is 2.19.